The zero-order valence-corrected chi connectivity index (χ0v) is 17.8. The van der Waals surface area contributed by atoms with Gasteiger partial charge in [-0.1, -0.05) is 41.5 Å². The van der Waals surface area contributed by atoms with E-state index in [4.69, 9.17) is 9.47 Å². The Labute approximate surface area is 167 Å². The molecule has 0 unspecified atom stereocenters. The van der Waals surface area contributed by atoms with Crippen molar-refractivity contribution in [1.29, 1.82) is 0 Å². The fraction of sp³-hybridized carbons (Fsp3) is 0.700. The number of esters is 2. The molecule has 2 amide bonds. The summed E-state index contributed by atoms with van der Waals surface area (Å²) >= 11 is 0. The summed E-state index contributed by atoms with van der Waals surface area (Å²) in [7, 11) is 0. The average molecular weight is 399 g/mol. The summed E-state index contributed by atoms with van der Waals surface area (Å²) < 4.78 is 9.86. The average Bonchev–Trinajstić information content (AvgIpc) is 2.57. The van der Waals surface area contributed by atoms with Crippen LogP contribution in [0.3, 0.4) is 0 Å². The van der Waals surface area contributed by atoms with Crippen molar-refractivity contribution in [3.8, 4) is 0 Å². The van der Waals surface area contributed by atoms with Gasteiger partial charge in [0, 0.05) is 36.1 Å². The summed E-state index contributed by atoms with van der Waals surface area (Å²) in [6, 6.07) is 0. The van der Waals surface area contributed by atoms with Crippen molar-refractivity contribution in [2.75, 3.05) is 26.3 Å². The zero-order chi connectivity index (χ0) is 21.8. The van der Waals surface area contributed by atoms with E-state index in [-0.39, 0.29) is 25.0 Å². The smallest absolute Gasteiger partial charge is 0.331 e. The number of carbonyl (C=O) groups is 4. The monoisotopic (exact) mass is 398 g/mol. The minimum absolute atomic E-state index is 0.0700. The van der Waals surface area contributed by atoms with Crippen molar-refractivity contribution in [2.45, 2.75) is 54.4 Å². The van der Waals surface area contributed by atoms with Crippen molar-refractivity contribution < 1.29 is 28.7 Å². The molecule has 160 valence electrons. The van der Waals surface area contributed by atoms with Gasteiger partial charge in [-0.3, -0.25) is 9.59 Å². The summed E-state index contributed by atoms with van der Waals surface area (Å²) in [5, 5.41) is 5.49. The molecule has 0 aromatic carbocycles. The SMILES string of the molecule is CC(C)(C)C(=O)NCCCOC(=O)/C=C/C(=O)OCCCNC(=O)C(C)(C)C. The molecule has 0 fully saturated rings. The molecule has 8 heteroatoms. The third kappa shape index (κ3) is 12.9. The molecule has 0 rings (SSSR count). The van der Waals surface area contributed by atoms with E-state index in [1.54, 1.807) is 0 Å². The van der Waals surface area contributed by atoms with Gasteiger partial charge >= 0.3 is 11.9 Å². The lowest BCUT2D eigenvalue weighted by molar-refractivity contribution is -0.140. The molecule has 0 aliphatic heterocycles. The predicted octanol–water partition coefficient (Wildman–Crippen LogP) is 1.73. The van der Waals surface area contributed by atoms with Crippen LogP contribution < -0.4 is 10.6 Å². The van der Waals surface area contributed by atoms with Crippen molar-refractivity contribution in [2.24, 2.45) is 10.8 Å². The highest BCUT2D eigenvalue weighted by atomic mass is 16.5. The lowest BCUT2D eigenvalue weighted by Gasteiger charge is -2.17. The molecule has 0 aromatic heterocycles. The van der Waals surface area contributed by atoms with Crippen LogP contribution in [0.5, 0.6) is 0 Å². The van der Waals surface area contributed by atoms with Crippen LogP contribution in [0.2, 0.25) is 0 Å². The summed E-state index contributed by atoms with van der Waals surface area (Å²) in [6.45, 7) is 12.0. The maximum Gasteiger partial charge on any atom is 0.331 e. The van der Waals surface area contributed by atoms with E-state index in [0.717, 1.165) is 12.2 Å². The number of hydrogen-bond donors (Lipinski definition) is 2. The Morgan fingerprint density at radius 1 is 0.679 bits per heavy atom. The number of ether oxygens (including phenoxy) is 2. The largest absolute Gasteiger partial charge is 0.462 e. The first kappa shape index (κ1) is 25.6. The van der Waals surface area contributed by atoms with Gasteiger partial charge in [-0.2, -0.15) is 0 Å². The van der Waals surface area contributed by atoms with E-state index in [1.165, 1.54) is 0 Å². The van der Waals surface area contributed by atoms with Crippen LogP contribution in [0.15, 0.2) is 12.2 Å². The topological polar surface area (TPSA) is 111 Å². The normalized spacial score (nSPS) is 11.8. The summed E-state index contributed by atoms with van der Waals surface area (Å²) in [5.74, 6) is -1.45. The Balaban J connectivity index is 3.81. The predicted molar refractivity (Wildman–Crippen MR) is 105 cm³/mol. The van der Waals surface area contributed by atoms with Crippen LogP contribution >= 0.6 is 0 Å². The Bertz CT molecular complexity index is 520. The molecule has 0 atom stereocenters. The molecule has 0 aromatic rings. The third-order valence-electron chi connectivity index (χ3n) is 3.42. The lowest BCUT2D eigenvalue weighted by atomic mass is 9.96. The molecule has 0 aliphatic carbocycles. The van der Waals surface area contributed by atoms with Gasteiger partial charge in [0.15, 0.2) is 0 Å². The van der Waals surface area contributed by atoms with Crippen molar-refractivity contribution >= 4 is 23.8 Å². The second-order valence-corrected chi connectivity index (χ2v) is 8.39. The Kier molecular flexibility index (Phi) is 11.1. The van der Waals surface area contributed by atoms with Gasteiger partial charge in [0.2, 0.25) is 11.8 Å². The van der Waals surface area contributed by atoms with Crippen LogP contribution in [0.1, 0.15) is 54.4 Å². The van der Waals surface area contributed by atoms with Gasteiger partial charge in [0.25, 0.3) is 0 Å². The maximum atomic E-state index is 11.6. The number of nitrogens with one attached hydrogen (secondary N) is 2. The number of amides is 2. The number of rotatable bonds is 10. The zero-order valence-electron chi connectivity index (χ0n) is 17.8. The van der Waals surface area contributed by atoms with Crippen molar-refractivity contribution in [3.63, 3.8) is 0 Å². The highest BCUT2D eigenvalue weighted by molar-refractivity contribution is 5.91. The van der Waals surface area contributed by atoms with Gasteiger partial charge in [-0.25, -0.2) is 9.59 Å². The van der Waals surface area contributed by atoms with E-state index in [9.17, 15) is 19.2 Å². The lowest BCUT2D eigenvalue weighted by Crippen LogP contribution is -2.35. The second kappa shape index (κ2) is 12.2. The van der Waals surface area contributed by atoms with E-state index in [2.05, 4.69) is 10.6 Å². The van der Waals surface area contributed by atoms with Crippen molar-refractivity contribution in [3.05, 3.63) is 12.2 Å². The van der Waals surface area contributed by atoms with Crippen LogP contribution in [0.25, 0.3) is 0 Å². The molecule has 0 saturated carbocycles. The third-order valence-corrected chi connectivity index (χ3v) is 3.42. The molecule has 0 radical (unpaired) electrons. The molecule has 0 spiro atoms. The van der Waals surface area contributed by atoms with Crippen LogP contribution in [0, 0.1) is 10.8 Å². The van der Waals surface area contributed by atoms with E-state index in [0.29, 0.717) is 25.9 Å². The van der Waals surface area contributed by atoms with Gasteiger partial charge in [-0.05, 0) is 12.8 Å². The van der Waals surface area contributed by atoms with Crippen LogP contribution in [0.4, 0.5) is 0 Å². The molecule has 0 aliphatic rings. The quantitative estimate of drug-likeness (QED) is 0.329. The molecule has 8 nitrogen and oxygen atoms in total. The highest BCUT2D eigenvalue weighted by Crippen LogP contribution is 2.12. The minimum atomic E-state index is -0.656. The summed E-state index contributed by atoms with van der Waals surface area (Å²) in [4.78, 5) is 46.3. The first-order valence-electron chi connectivity index (χ1n) is 9.42. The van der Waals surface area contributed by atoms with Gasteiger partial charge in [0.05, 0.1) is 13.2 Å². The fourth-order valence-corrected chi connectivity index (χ4v) is 1.66. The Morgan fingerprint density at radius 3 is 1.29 bits per heavy atom. The Morgan fingerprint density at radius 2 is 1.00 bits per heavy atom. The molecule has 0 heterocycles. The van der Waals surface area contributed by atoms with E-state index < -0.39 is 22.8 Å². The van der Waals surface area contributed by atoms with Crippen LogP contribution in [-0.4, -0.2) is 50.1 Å². The second-order valence-electron chi connectivity index (χ2n) is 8.39. The molecule has 28 heavy (non-hydrogen) atoms. The molecular formula is C20H34N2O6. The first-order valence-corrected chi connectivity index (χ1v) is 9.42. The van der Waals surface area contributed by atoms with Gasteiger partial charge < -0.3 is 20.1 Å². The minimum Gasteiger partial charge on any atom is -0.462 e. The summed E-state index contributed by atoms with van der Waals surface area (Å²) in [6.07, 6.45) is 2.95. The fourth-order valence-electron chi connectivity index (χ4n) is 1.66. The number of hydrogen-bond acceptors (Lipinski definition) is 6. The summed E-state index contributed by atoms with van der Waals surface area (Å²) in [5.41, 5.74) is -0.921. The first-order chi connectivity index (χ1) is 12.8. The van der Waals surface area contributed by atoms with E-state index >= 15 is 0 Å². The molecular weight excluding hydrogens is 364 g/mol. The Hall–Kier alpha value is -2.38. The van der Waals surface area contributed by atoms with Gasteiger partial charge in [-0.15, -0.1) is 0 Å². The van der Waals surface area contributed by atoms with Crippen molar-refractivity contribution in [1.82, 2.24) is 10.6 Å². The van der Waals surface area contributed by atoms with Crippen LogP contribution in [-0.2, 0) is 28.7 Å². The highest BCUT2D eigenvalue weighted by Gasteiger charge is 2.20. The standard InChI is InChI=1S/C20H34N2O6/c1-19(2,3)17(25)21-11-7-13-27-15(23)9-10-16(24)28-14-8-12-22-18(26)20(4,5)6/h9-10H,7-8,11-14H2,1-6H3,(H,21,25)(H,22,26)/b10-9+. The maximum absolute atomic E-state index is 11.6. The molecule has 0 bridgehead atoms. The molecule has 2 N–H and O–H groups in total. The van der Waals surface area contributed by atoms with E-state index in [1.807, 2.05) is 41.5 Å². The number of carbonyl (C=O) groups excluding carboxylic acids is 4. The molecule has 0 saturated heterocycles. The van der Waals surface area contributed by atoms with Gasteiger partial charge in [0.1, 0.15) is 0 Å².